The van der Waals surface area contributed by atoms with Crippen molar-refractivity contribution in [2.75, 3.05) is 17.2 Å². The molecule has 10 heterocycles. The van der Waals surface area contributed by atoms with Crippen LogP contribution in [-0.4, -0.2) is 97.6 Å². The average molecular weight is 1780 g/mol. The van der Waals surface area contributed by atoms with Crippen molar-refractivity contribution in [3.63, 3.8) is 0 Å². The number of nitrogens with two attached hydrogens (primary N) is 3. The molecule has 0 amide bonds. The van der Waals surface area contributed by atoms with E-state index in [0.717, 1.165) is 165 Å². The number of rotatable bonds is 25. The predicted molar refractivity (Wildman–Crippen MR) is 495 cm³/mol. The minimum Gasteiger partial charge on any atom is -0.382 e. The third-order valence-electron chi connectivity index (χ3n) is 18.8. The number of nitrogens with one attached hydrogen (secondary N) is 4. The van der Waals surface area contributed by atoms with Crippen molar-refractivity contribution < 1.29 is 0 Å². The molecule has 0 saturated carbocycles. The van der Waals surface area contributed by atoms with Crippen LogP contribution < -0.4 is 28.2 Å². The molecule has 10 N–H and O–H groups in total. The monoisotopic (exact) mass is 1770 g/mol. The number of aryl methyl sites for hydroxylation is 14. The fourth-order valence-electron chi connectivity index (χ4n) is 12.9. The lowest BCUT2D eigenvalue weighted by atomic mass is 10.1. The molecular formula is C89H90Cl3N25S5. The number of H-pyrrole nitrogens is 2. The van der Waals surface area contributed by atoms with Crippen molar-refractivity contribution in [1.82, 2.24) is 97.6 Å². The number of nitrogen functional groups attached to an aromatic ring is 3. The summed E-state index contributed by atoms with van der Waals surface area (Å²) in [5.41, 5.74) is 35.7. The third-order valence-corrected chi connectivity index (χ3v) is 25.4. The molecule has 0 spiro atoms. The van der Waals surface area contributed by atoms with Crippen molar-refractivity contribution in [1.29, 1.82) is 10.8 Å². The lowest BCUT2D eigenvalue weighted by Gasteiger charge is -2.12. The summed E-state index contributed by atoms with van der Waals surface area (Å²) < 4.78 is 10.1. The second kappa shape index (κ2) is 43.2. The van der Waals surface area contributed by atoms with E-state index in [2.05, 4.69) is 165 Å². The second-order valence-electron chi connectivity index (χ2n) is 28.2. The molecule has 0 saturated heterocycles. The number of terminal acetylenes is 5. The molecular weight excluding hydrogens is 1690 g/mol. The van der Waals surface area contributed by atoms with E-state index in [4.69, 9.17) is 105 Å². The van der Waals surface area contributed by atoms with Gasteiger partial charge in [0.2, 0.25) is 0 Å². The molecule has 622 valence electrons. The summed E-state index contributed by atoms with van der Waals surface area (Å²) in [6.45, 7) is 22.3. The van der Waals surface area contributed by atoms with Gasteiger partial charge in [-0.05, 0) is 182 Å². The molecule has 0 atom stereocenters. The summed E-state index contributed by atoms with van der Waals surface area (Å²) in [7, 11) is 0. The number of hydrogen-bond donors (Lipinski definition) is 7. The molecule has 0 unspecified atom stereocenters. The molecule has 0 aliphatic carbocycles. The van der Waals surface area contributed by atoms with Gasteiger partial charge in [-0.15, -0.1) is 61.7 Å². The van der Waals surface area contributed by atoms with E-state index < -0.39 is 0 Å². The normalized spacial score (nSPS) is 10.9. The van der Waals surface area contributed by atoms with Gasteiger partial charge in [-0.2, -0.15) is 0 Å². The summed E-state index contributed by atoms with van der Waals surface area (Å²) in [4.78, 5) is 68.7. The molecule has 5 aromatic carbocycles. The van der Waals surface area contributed by atoms with Crippen molar-refractivity contribution in [3.05, 3.63) is 187 Å². The molecule has 0 radical (unpaired) electrons. The van der Waals surface area contributed by atoms with E-state index in [-0.39, 0.29) is 11.0 Å². The molecule has 15 aromatic rings. The Bertz CT molecular complexity index is 6480. The zero-order valence-electron chi connectivity index (χ0n) is 68.8. The Kier molecular flexibility index (Phi) is 32.2. The van der Waals surface area contributed by atoms with E-state index in [1.165, 1.54) is 85.7 Å². The fourth-order valence-corrected chi connectivity index (χ4v) is 18.2. The second-order valence-corrected chi connectivity index (χ2v) is 34.6. The Morgan fingerprint density at radius 1 is 0.361 bits per heavy atom. The summed E-state index contributed by atoms with van der Waals surface area (Å²) in [6, 6.07) is 26.4. The SMILES string of the molecule is C#CCCCn1c(Sc2c(C)cc(C)cc2C)nc2c(N)ncnc21.C#CCCCn1c(Sc2ccc(C)c(Cl)c2)nc2c(N)ncnc21.C#CCCCn1c(Sc2ccc(Cl)c(C)c2)nc2c(N)ncnc21.C#CCCCn1cnc(=N)c2[nH]c(Sc3c(C)cc(C)cc3C)nc21.C#CCCCn1cnc(=N)c2[nH]c(Sc3ccc(Cl)c(C)c3)nc21. The van der Waals surface area contributed by atoms with Gasteiger partial charge in [0, 0.05) is 104 Å². The van der Waals surface area contributed by atoms with Crippen LogP contribution in [0.4, 0.5) is 17.5 Å². The third kappa shape index (κ3) is 23.1. The number of imidazole rings is 5. The largest absolute Gasteiger partial charge is 0.382 e. The Labute approximate surface area is 744 Å². The number of halogens is 3. The first kappa shape index (κ1) is 91.0. The molecule has 25 nitrogen and oxygen atoms in total. The number of benzene rings is 5. The van der Waals surface area contributed by atoms with Gasteiger partial charge < -0.3 is 50.0 Å². The van der Waals surface area contributed by atoms with Crippen LogP contribution in [0.2, 0.25) is 15.1 Å². The van der Waals surface area contributed by atoms with Crippen LogP contribution in [-0.2, 0) is 32.7 Å². The molecule has 10 aromatic heterocycles. The summed E-state index contributed by atoms with van der Waals surface area (Å²) in [5, 5.41) is 22.2. The maximum atomic E-state index is 8.04. The Hall–Kier alpha value is -11.7. The van der Waals surface area contributed by atoms with Crippen LogP contribution in [0.25, 0.3) is 55.8 Å². The number of nitrogens with zero attached hydrogens (tertiary/aromatic N) is 18. The van der Waals surface area contributed by atoms with E-state index in [0.29, 0.717) is 77.1 Å². The molecule has 0 bridgehead atoms. The van der Waals surface area contributed by atoms with Crippen molar-refractivity contribution in [3.8, 4) is 61.7 Å². The number of aromatic amines is 2. The molecule has 15 rings (SSSR count). The Morgan fingerprint density at radius 2 is 0.697 bits per heavy atom. The maximum Gasteiger partial charge on any atom is 0.175 e. The molecule has 0 fully saturated rings. The minimum absolute atomic E-state index is 0.185. The van der Waals surface area contributed by atoms with Gasteiger partial charge in [0.05, 0.1) is 12.7 Å². The number of aromatic nitrogens is 20. The Balaban J connectivity index is 0.000000149. The van der Waals surface area contributed by atoms with Crippen molar-refractivity contribution in [2.45, 2.75) is 210 Å². The number of fused-ring (bicyclic) bond motifs is 5. The van der Waals surface area contributed by atoms with E-state index in [9.17, 15) is 0 Å². The van der Waals surface area contributed by atoms with Crippen LogP contribution in [0.3, 0.4) is 0 Å². The first-order valence-electron chi connectivity index (χ1n) is 38.7. The van der Waals surface area contributed by atoms with E-state index in [1.54, 1.807) is 47.9 Å². The van der Waals surface area contributed by atoms with Crippen LogP contribution in [0.1, 0.15) is 114 Å². The lowest BCUT2D eigenvalue weighted by Crippen LogP contribution is -2.12. The highest BCUT2D eigenvalue weighted by Crippen LogP contribution is 2.39. The first-order chi connectivity index (χ1) is 58.8. The van der Waals surface area contributed by atoms with Gasteiger partial charge >= 0.3 is 0 Å². The zero-order valence-corrected chi connectivity index (χ0v) is 75.2. The van der Waals surface area contributed by atoms with Crippen molar-refractivity contribution in [2.24, 2.45) is 0 Å². The van der Waals surface area contributed by atoms with Gasteiger partial charge in [0.1, 0.15) is 30.0 Å². The first-order valence-corrected chi connectivity index (χ1v) is 43.9. The predicted octanol–water partition coefficient (Wildman–Crippen LogP) is 19.3. The van der Waals surface area contributed by atoms with Gasteiger partial charge in [0.25, 0.3) is 0 Å². The highest BCUT2D eigenvalue weighted by Gasteiger charge is 2.22. The summed E-state index contributed by atoms with van der Waals surface area (Å²) >= 11 is 26.2. The number of anilines is 3. The van der Waals surface area contributed by atoms with E-state index in [1.807, 2.05) is 93.6 Å². The highest BCUT2D eigenvalue weighted by atomic mass is 35.5. The Morgan fingerprint density at radius 3 is 1.07 bits per heavy atom. The molecule has 33 heteroatoms. The fraction of sp³-hybridized carbons (Fsp3) is 0.270. The van der Waals surface area contributed by atoms with E-state index >= 15 is 0 Å². The smallest absolute Gasteiger partial charge is 0.175 e. The molecule has 122 heavy (non-hydrogen) atoms. The standard InChI is InChI=1S/2C19H21N5S.3C17H16ClN5S/c1-5-6-7-8-24-11-21-17(20)15-18(24)23-19(22-15)25-16-13(3)9-12(2)10-14(16)4;1-5-6-7-8-24-18-15(17(20)21-11-22-18)23-19(24)25-16-13(3)9-12(2)10-14(16)4;1-3-4-5-8-23-10-20-15(19)14-16(23)22-17(21-14)24-12-6-7-13(18)11(2)9-12;1-3-4-5-8-23-16-14(15(19)20-10-21-16)22-17(23)24-12-6-7-13(18)11(2)9-12;1-3-4-5-8-23-16-14(15(19)20-10-21-16)22-17(23)24-12-7-6-11(2)13(18)9-12/h1,9-11,20H,6-8H2,2-4H3,(H,22,23);1,9-11H,6-8H2,2-4H3,(H2,20,21,22);1,6-7,9-10,19H,4-5,8H2,2H3,(H,21,22);2*1,6-7,9-10H,4-5,8H2,2H3,(H2,19,20,21). The van der Waals surface area contributed by atoms with Gasteiger partial charge in [-0.3, -0.25) is 10.8 Å². The summed E-state index contributed by atoms with van der Waals surface area (Å²) in [5.74, 6) is 14.4. The topological polar surface area (TPSA) is 350 Å². The highest BCUT2D eigenvalue weighted by molar-refractivity contribution is 8.00. The minimum atomic E-state index is 0.185. The van der Waals surface area contributed by atoms with Crippen LogP contribution in [0.15, 0.2) is 161 Å². The van der Waals surface area contributed by atoms with Crippen molar-refractivity contribution >= 4 is 167 Å². The van der Waals surface area contributed by atoms with Gasteiger partial charge in [0.15, 0.2) is 99.0 Å². The molecule has 0 aliphatic rings. The molecule has 0 aliphatic heterocycles. The van der Waals surface area contributed by atoms with Gasteiger partial charge in [-0.1, -0.05) is 135 Å². The van der Waals surface area contributed by atoms with Crippen LogP contribution >= 0.6 is 93.6 Å². The maximum absolute atomic E-state index is 8.04. The van der Waals surface area contributed by atoms with Crippen LogP contribution in [0.5, 0.6) is 0 Å². The van der Waals surface area contributed by atoms with Gasteiger partial charge in [-0.25, -0.2) is 64.8 Å². The number of unbranched alkanes of at least 4 members (excludes halogenated alkanes) is 5. The average Bonchev–Trinajstić information content (AvgIpc) is 1.66. The lowest BCUT2D eigenvalue weighted by molar-refractivity contribution is 0.615. The summed E-state index contributed by atoms with van der Waals surface area (Å²) in [6.07, 6.45) is 42.2. The van der Waals surface area contributed by atoms with Crippen LogP contribution in [0, 0.1) is 135 Å². The number of hydrogen-bond acceptors (Lipinski definition) is 23. The zero-order chi connectivity index (χ0) is 87.3. The quantitative estimate of drug-likeness (QED) is 0.0206.